The van der Waals surface area contributed by atoms with Gasteiger partial charge in [-0.05, 0) is 31.2 Å². The van der Waals surface area contributed by atoms with Crippen molar-refractivity contribution in [2.45, 2.75) is 31.5 Å². The zero-order chi connectivity index (χ0) is 25.7. The number of rotatable bonds is 6. The van der Waals surface area contributed by atoms with Gasteiger partial charge in [-0.2, -0.15) is 0 Å². The zero-order valence-corrected chi connectivity index (χ0v) is 19.1. The summed E-state index contributed by atoms with van der Waals surface area (Å²) in [6, 6.07) is 16.1. The Morgan fingerprint density at radius 3 is 2.25 bits per heavy atom. The highest BCUT2D eigenvalue weighted by Crippen LogP contribution is 2.34. The third-order valence-corrected chi connectivity index (χ3v) is 5.41. The van der Waals surface area contributed by atoms with Crippen LogP contribution in [0.25, 0.3) is 0 Å². The standard InChI is InChI=1S/C26H21FN2O7/c1-2-9-18-14-29(26(33)28-22(18)30)23-20(27)21(36-25(32)17-12-7-4-8-13-17)19(35-23)15-34-24(31)16-10-5-3-6-11-16/h3-8,10-14,19-21,23H,15H2,1H3,(H,28,30,33)/t19-,20-,21-,23-/m1/s1. The van der Waals surface area contributed by atoms with E-state index in [4.69, 9.17) is 14.2 Å². The van der Waals surface area contributed by atoms with E-state index in [1.165, 1.54) is 19.1 Å². The first kappa shape index (κ1) is 24.6. The van der Waals surface area contributed by atoms with Crippen molar-refractivity contribution in [3.05, 3.63) is 104 Å². The van der Waals surface area contributed by atoms with E-state index in [1.54, 1.807) is 48.5 Å². The van der Waals surface area contributed by atoms with Crippen LogP contribution in [0.1, 0.15) is 39.4 Å². The van der Waals surface area contributed by atoms with Crippen molar-refractivity contribution in [1.29, 1.82) is 0 Å². The Hall–Kier alpha value is -4.49. The minimum absolute atomic E-state index is 0.0790. The summed E-state index contributed by atoms with van der Waals surface area (Å²) in [6.45, 7) is 1.03. The quantitative estimate of drug-likeness (QED) is 0.414. The molecule has 0 bridgehead atoms. The second kappa shape index (κ2) is 10.8. The largest absolute Gasteiger partial charge is 0.459 e. The Kier molecular flexibility index (Phi) is 7.42. The van der Waals surface area contributed by atoms with Crippen LogP contribution >= 0.6 is 0 Å². The molecular weight excluding hydrogens is 471 g/mol. The third kappa shape index (κ3) is 5.26. The van der Waals surface area contributed by atoms with Crippen LogP contribution in [0.3, 0.4) is 0 Å². The van der Waals surface area contributed by atoms with Gasteiger partial charge in [-0.1, -0.05) is 42.3 Å². The summed E-state index contributed by atoms with van der Waals surface area (Å²) < 4.78 is 32.9. The Morgan fingerprint density at radius 2 is 1.64 bits per heavy atom. The van der Waals surface area contributed by atoms with E-state index in [9.17, 15) is 19.2 Å². The van der Waals surface area contributed by atoms with Crippen LogP contribution in [-0.4, -0.2) is 46.5 Å². The second-order valence-electron chi connectivity index (χ2n) is 7.79. The molecule has 0 unspecified atom stereocenters. The predicted octanol–water partition coefficient (Wildman–Crippen LogP) is 2.23. The molecule has 4 rings (SSSR count). The first-order valence-corrected chi connectivity index (χ1v) is 10.9. The normalized spacial score (nSPS) is 20.7. The maximum atomic E-state index is 15.7. The molecule has 1 saturated heterocycles. The number of nitrogens with zero attached hydrogens (tertiary/aromatic N) is 1. The number of alkyl halides is 1. The molecular formula is C26H21FN2O7. The minimum atomic E-state index is -2.04. The summed E-state index contributed by atoms with van der Waals surface area (Å²) >= 11 is 0. The molecule has 2 aromatic carbocycles. The average Bonchev–Trinajstić information content (AvgIpc) is 3.20. The molecule has 0 radical (unpaired) electrons. The summed E-state index contributed by atoms with van der Waals surface area (Å²) in [5.74, 6) is 3.56. The number of nitrogens with one attached hydrogen (secondary N) is 1. The molecule has 3 aromatic rings. The van der Waals surface area contributed by atoms with Gasteiger partial charge >= 0.3 is 17.6 Å². The Morgan fingerprint density at radius 1 is 1.03 bits per heavy atom. The molecule has 1 fully saturated rings. The first-order chi connectivity index (χ1) is 17.4. The van der Waals surface area contributed by atoms with Crippen molar-refractivity contribution < 1.29 is 28.2 Å². The molecule has 36 heavy (non-hydrogen) atoms. The first-order valence-electron chi connectivity index (χ1n) is 10.9. The van der Waals surface area contributed by atoms with Gasteiger partial charge in [0, 0.05) is 6.20 Å². The smallest absolute Gasteiger partial charge is 0.338 e. The number of hydrogen-bond acceptors (Lipinski definition) is 7. The van der Waals surface area contributed by atoms with E-state index >= 15 is 4.39 Å². The van der Waals surface area contributed by atoms with Gasteiger partial charge in [0.15, 0.2) is 18.5 Å². The van der Waals surface area contributed by atoms with Gasteiger partial charge in [0.1, 0.15) is 18.3 Å². The number of halogens is 1. The van der Waals surface area contributed by atoms with Crippen molar-refractivity contribution >= 4 is 11.9 Å². The lowest BCUT2D eigenvalue weighted by atomic mass is 10.1. The number of hydrogen-bond donors (Lipinski definition) is 1. The fourth-order valence-corrected chi connectivity index (χ4v) is 3.67. The minimum Gasteiger partial charge on any atom is -0.459 e. The van der Waals surface area contributed by atoms with Gasteiger partial charge in [0.25, 0.3) is 5.56 Å². The van der Waals surface area contributed by atoms with Crippen molar-refractivity contribution in [3.8, 4) is 11.8 Å². The van der Waals surface area contributed by atoms with E-state index in [0.717, 1.165) is 10.8 Å². The molecule has 9 nitrogen and oxygen atoms in total. The topological polar surface area (TPSA) is 117 Å². The van der Waals surface area contributed by atoms with Gasteiger partial charge in [-0.15, -0.1) is 5.92 Å². The molecule has 1 aliphatic rings. The van der Waals surface area contributed by atoms with Crippen LogP contribution < -0.4 is 11.2 Å². The fourth-order valence-electron chi connectivity index (χ4n) is 3.67. The number of benzene rings is 2. The highest BCUT2D eigenvalue weighted by Gasteiger charge is 2.49. The Labute approximate surface area is 204 Å². The van der Waals surface area contributed by atoms with Crippen molar-refractivity contribution in [2.24, 2.45) is 0 Å². The number of carbonyl (C=O) groups excluding carboxylic acids is 2. The van der Waals surface area contributed by atoms with Crippen LogP contribution in [0, 0.1) is 11.8 Å². The Bertz CT molecular complexity index is 1420. The summed E-state index contributed by atoms with van der Waals surface area (Å²) in [4.78, 5) is 51.6. The van der Waals surface area contributed by atoms with E-state index in [0.29, 0.717) is 0 Å². The summed E-state index contributed by atoms with van der Waals surface area (Å²) in [6.07, 6.45) is -5.32. The van der Waals surface area contributed by atoms with Gasteiger partial charge in [-0.25, -0.2) is 18.8 Å². The van der Waals surface area contributed by atoms with E-state index in [1.807, 2.05) is 0 Å². The number of aromatic nitrogens is 2. The number of ether oxygens (including phenoxy) is 3. The van der Waals surface area contributed by atoms with Crippen molar-refractivity contribution in [2.75, 3.05) is 6.61 Å². The van der Waals surface area contributed by atoms with Gasteiger partial charge in [0.05, 0.1) is 11.1 Å². The molecule has 1 aliphatic heterocycles. The number of esters is 2. The van der Waals surface area contributed by atoms with Crippen LogP contribution in [0.5, 0.6) is 0 Å². The zero-order valence-electron chi connectivity index (χ0n) is 19.1. The SMILES string of the molecule is CC#Cc1cn([C@@H]2O[C@H](COC(=O)c3ccccc3)[C@@H](OC(=O)c3ccccc3)[C@H]2F)c(=O)[nH]c1=O. The number of H-pyrrole nitrogens is 1. The second-order valence-corrected chi connectivity index (χ2v) is 7.79. The predicted molar refractivity (Wildman–Crippen MR) is 125 cm³/mol. The lowest BCUT2D eigenvalue weighted by Gasteiger charge is -2.19. The lowest BCUT2D eigenvalue weighted by molar-refractivity contribution is -0.0592. The molecule has 184 valence electrons. The van der Waals surface area contributed by atoms with Gasteiger partial charge in [-0.3, -0.25) is 14.3 Å². The molecule has 4 atom stereocenters. The summed E-state index contributed by atoms with van der Waals surface area (Å²) in [5.41, 5.74) is -1.32. The molecule has 1 aromatic heterocycles. The molecule has 0 saturated carbocycles. The third-order valence-electron chi connectivity index (χ3n) is 5.41. The van der Waals surface area contributed by atoms with E-state index in [-0.39, 0.29) is 16.7 Å². The van der Waals surface area contributed by atoms with Crippen LogP contribution in [0.4, 0.5) is 4.39 Å². The summed E-state index contributed by atoms with van der Waals surface area (Å²) in [7, 11) is 0. The van der Waals surface area contributed by atoms with Crippen LogP contribution in [0.15, 0.2) is 76.4 Å². The summed E-state index contributed by atoms with van der Waals surface area (Å²) in [5, 5.41) is 0. The monoisotopic (exact) mass is 492 g/mol. The molecule has 2 heterocycles. The van der Waals surface area contributed by atoms with Gasteiger partial charge < -0.3 is 14.2 Å². The van der Waals surface area contributed by atoms with Crippen LogP contribution in [0.2, 0.25) is 0 Å². The average molecular weight is 492 g/mol. The fraction of sp³-hybridized carbons (Fsp3) is 0.231. The van der Waals surface area contributed by atoms with Crippen molar-refractivity contribution in [1.82, 2.24) is 9.55 Å². The molecule has 0 spiro atoms. The number of aromatic amines is 1. The molecule has 0 aliphatic carbocycles. The molecule has 10 heteroatoms. The number of carbonyl (C=O) groups is 2. The maximum Gasteiger partial charge on any atom is 0.338 e. The lowest BCUT2D eigenvalue weighted by Crippen LogP contribution is -2.39. The van der Waals surface area contributed by atoms with Crippen molar-refractivity contribution in [3.63, 3.8) is 0 Å². The highest BCUT2D eigenvalue weighted by atomic mass is 19.1. The highest BCUT2D eigenvalue weighted by molar-refractivity contribution is 5.90. The van der Waals surface area contributed by atoms with E-state index < -0.39 is 54.4 Å². The maximum absolute atomic E-state index is 15.7. The molecule has 1 N–H and O–H groups in total. The van der Waals surface area contributed by atoms with Gasteiger partial charge in [0.2, 0.25) is 0 Å². The Balaban J connectivity index is 1.62. The van der Waals surface area contributed by atoms with E-state index in [2.05, 4.69) is 16.8 Å². The van der Waals surface area contributed by atoms with Crippen LogP contribution in [-0.2, 0) is 14.2 Å². The molecule has 0 amide bonds.